The smallest absolute Gasteiger partial charge is 0.241 e. The first kappa shape index (κ1) is 20.5. The molecule has 0 aliphatic carbocycles. The molecule has 1 saturated heterocycles. The Morgan fingerprint density at radius 2 is 1.89 bits per heavy atom. The van der Waals surface area contributed by atoms with E-state index in [1.54, 1.807) is 30.0 Å². The second kappa shape index (κ2) is 8.86. The lowest BCUT2D eigenvalue weighted by Gasteiger charge is -2.18. The second-order valence-corrected chi connectivity index (χ2v) is 8.56. The van der Waals surface area contributed by atoms with Crippen molar-refractivity contribution < 1.29 is 17.9 Å². The Morgan fingerprint density at radius 1 is 1.14 bits per heavy atom. The van der Waals surface area contributed by atoms with Crippen molar-refractivity contribution in [1.29, 1.82) is 0 Å². The zero-order valence-electron chi connectivity index (χ0n) is 16.3. The summed E-state index contributed by atoms with van der Waals surface area (Å²) in [6, 6.07) is 12.7. The van der Waals surface area contributed by atoms with Gasteiger partial charge >= 0.3 is 0 Å². The quantitative estimate of drug-likeness (QED) is 0.736. The average Bonchev–Trinajstić information content (AvgIpc) is 3.11. The highest BCUT2D eigenvalue weighted by Crippen LogP contribution is 2.26. The predicted octanol–water partition coefficient (Wildman–Crippen LogP) is 3.14. The third-order valence-electron chi connectivity index (χ3n) is 4.87. The van der Waals surface area contributed by atoms with Crippen molar-refractivity contribution in [3.05, 3.63) is 59.2 Å². The SMILES string of the molecule is CCOCc1ccccc1CNS(=O)(=O)c1ccc(N2CCCC2=O)cc1C. The Kier molecular flexibility index (Phi) is 6.49. The third kappa shape index (κ3) is 4.60. The van der Waals surface area contributed by atoms with Gasteiger partial charge < -0.3 is 9.64 Å². The highest BCUT2D eigenvalue weighted by Gasteiger charge is 2.24. The van der Waals surface area contributed by atoms with Crippen molar-refractivity contribution in [2.24, 2.45) is 0 Å². The molecule has 1 aliphatic rings. The Bertz CT molecular complexity index is 957. The van der Waals surface area contributed by atoms with Gasteiger partial charge in [0.1, 0.15) is 0 Å². The van der Waals surface area contributed by atoms with E-state index in [9.17, 15) is 13.2 Å². The number of aryl methyl sites for hydroxylation is 1. The van der Waals surface area contributed by atoms with E-state index < -0.39 is 10.0 Å². The van der Waals surface area contributed by atoms with E-state index >= 15 is 0 Å². The first-order valence-electron chi connectivity index (χ1n) is 9.47. The highest BCUT2D eigenvalue weighted by atomic mass is 32.2. The Balaban J connectivity index is 1.76. The maximum Gasteiger partial charge on any atom is 0.241 e. The van der Waals surface area contributed by atoms with Crippen LogP contribution in [0.2, 0.25) is 0 Å². The van der Waals surface area contributed by atoms with E-state index in [0.29, 0.717) is 31.7 Å². The monoisotopic (exact) mass is 402 g/mol. The van der Waals surface area contributed by atoms with Gasteiger partial charge in [0.15, 0.2) is 0 Å². The summed E-state index contributed by atoms with van der Waals surface area (Å²) < 4.78 is 33.8. The van der Waals surface area contributed by atoms with E-state index in [1.165, 1.54) is 0 Å². The van der Waals surface area contributed by atoms with Gasteiger partial charge in [-0.1, -0.05) is 24.3 Å². The van der Waals surface area contributed by atoms with Gasteiger partial charge in [-0.2, -0.15) is 0 Å². The zero-order valence-corrected chi connectivity index (χ0v) is 17.1. The summed E-state index contributed by atoms with van der Waals surface area (Å²) in [5.74, 6) is 0.0824. The number of hydrogen-bond acceptors (Lipinski definition) is 4. The molecule has 0 atom stereocenters. The number of carbonyl (C=O) groups is 1. The van der Waals surface area contributed by atoms with Crippen molar-refractivity contribution in [1.82, 2.24) is 4.72 Å². The fraction of sp³-hybridized carbons (Fsp3) is 0.381. The summed E-state index contributed by atoms with van der Waals surface area (Å²) in [4.78, 5) is 13.9. The molecule has 0 aromatic heterocycles. The van der Waals surface area contributed by atoms with Crippen molar-refractivity contribution >= 4 is 21.6 Å². The molecule has 6 nitrogen and oxygen atoms in total. The van der Waals surface area contributed by atoms with Crippen LogP contribution in [-0.2, 0) is 32.7 Å². The lowest BCUT2D eigenvalue weighted by atomic mass is 10.1. The zero-order chi connectivity index (χ0) is 20.1. The standard InChI is InChI=1S/C21H26N2O4S/c1-3-27-15-18-8-5-4-7-17(18)14-22-28(25,26)20-11-10-19(13-16(20)2)23-12-6-9-21(23)24/h4-5,7-8,10-11,13,22H,3,6,9,12,14-15H2,1-2H3. The summed E-state index contributed by atoms with van der Waals surface area (Å²) >= 11 is 0. The van der Waals surface area contributed by atoms with E-state index in [4.69, 9.17) is 4.74 Å². The fourth-order valence-electron chi connectivity index (χ4n) is 3.36. The molecule has 2 aromatic rings. The first-order chi connectivity index (χ1) is 13.4. The molecule has 1 aliphatic heterocycles. The normalized spacial score (nSPS) is 14.6. The molecule has 7 heteroatoms. The van der Waals surface area contributed by atoms with Crippen LogP contribution in [-0.4, -0.2) is 27.5 Å². The topological polar surface area (TPSA) is 75.7 Å². The van der Waals surface area contributed by atoms with Crippen LogP contribution in [0.15, 0.2) is 47.4 Å². The molecule has 1 N–H and O–H groups in total. The van der Waals surface area contributed by atoms with Crippen molar-refractivity contribution in [2.45, 2.75) is 44.7 Å². The maximum absolute atomic E-state index is 12.8. The number of hydrogen-bond donors (Lipinski definition) is 1. The molecule has 0 saturated carbocycles. The Hall–Kier alpha value is -2.22. The summed E-state index contributed by atoms with van der Waals surface area (Å²) in [5, 5.41) is 0. The van der Waals surface area contributed by atoms with Gasteiger partial charge in [-0.3, -0.25) is 4.79 Å². The van der Waals surface area contributed by atoms with E-state index in [0.717, 1.165) is 23.2 Å². The molecule has 3 rings (SSSR count). The van der Waals surface area contributed by atoms with Crippen LogP contribution >= 0.6 is 0 Å². The molecule has 0 unspecified atom stereocenters. The lowest BCUT2D eigenvalue weighted by Crippen LogP contribution is -2.26. The number of amides is 1. The van der Waals surface area contributed by atoms with Crippen molar-refractivity contribution in [3.63, 3.8) is 0 Å². The molecule has 150 valence electrons. The number of rotatable bonds is 8. The molecule has 2 aromatic carbocycles. The largest absolute Gasteiger partial charge is 0.377 e. The van der Waals surface area contributed by atoms with Crippen LogP contribution < -0.4 is 9.62 Å². The highest BCUT2D eigenvalue weighted by molar-refractivity contribution is 7.89. The summed E-state index contributed by atoms with van der Waals surface area (Å²) in [6.07, 6.45) is 1.38. The third-order valence-corrected chi connectivity index (χ3v) is 6.43. The van der Waals surface area contributed by atoms with Gasteiger partial charge in [0.05, 0.1) is 11.5 Å². The number of benzene rings is 2. The first-order valence-corrected chi connectivity index (χ1v) is 11.0. The number of ether oxygens (including phenoxy) is 1. The lowest BCUT2D eigenvalue weighted by molar-refractivity contribution is -0.117. The Labute approximate surface area is 166 Å². The summed E-state index contributed by atoms with van der Waals surface area (Å²) in [7, 11) is -3.67. The predicted molar refractivity (Wildman–Crippen MR) is 109 cm³/mol. The average molecular weight is 403 g/mol. The summed E-state index contributed by atoms with van der Waals surface area (Å²) in [6.45, 7) is 5.60. The molecule has 1 fully saturated rings. The van der Waals surface area contributed by atoms with Crippen LogP contribution in [0.25, 0.3) is 0 Å². The summed E-state index contributed by atoms with van der Waals surface area (Å²) in [5.41, 5.74) is 3.22. The van der Waals surface area contributed by atoms with Crippen LogP contribution in [0.5, 0.6) is 0 Å². The maximum atomic E-state index is 12.8. The van der Waals surface area contributed by atoms with Crippen LogP contribution in [0.1, 0.15) is 36.5 Å². The van der Waals surface area contributed by atoms with Crippen molar-refractivity contribution in [2.75, 3.05) is 18.1 Å². The minimum atomic E-state index is -3.67. The molecular weight excluding hydrogens is 376 g/mol. The van der Waals surface area contributed by atoms with Crippen LogP contribution in [0.3, 0.4) is 0 Å². The van der Waals surface area contributed by atoms with E-state index in [1.807, 2.05) is 31.2 Å². The van der Waals surface area contributed by atoms with E-state index in [-0.39, 0.29) is 17.3 Å². The van der Waals surface area contributed by atoms with Gasteiger partial charge in [-0.05, 0) is 55.2 Å². The van der Waals surface area contributed by atoms with Gasteiger partial charge in [0.25, 0.3) is 0 Å². The minimum Gasteiger partial charge on any atom is -0.377 e. The molecule has 0 radical (unpaired) electrons. The van der Waals surface area contributed by atoms with Gasteiger partial charge in [0, 0.05) is 31.8 Å². The second-order valence-electron chi connectivity index (χ2n) is 6.83. The number of sulfonamides is 1. The molecule has 1 amide bonds. The van der Waals surface area contributed by atoms with Crippen LogP contribution in [0.4, 0.5) is 5.69 Å². The van der Waals surface area contributed by atoms with Gasteiger partial charge in [-0.15, -0.1) is 0 Å². The van der Waals surface area contributed by atoms with Gasteiger partial charge in [-0.25, -0.2) is 13.1 Å². The molecule has 0 spiro atoms. The van der Waals surface area contributed by atoms with E-state index in [2.05, 4.69) is 4.72 Å². The molecule has 1 heterocycles. The number of nitrogens with zero attached hydrogens (tertiary/aromatic N) is 1. The molecule has 0 bridgehead atoms. The van der Waals surface area contributed by atoms with Gasteiger partial charge in [0.2, 0.25) is 15.9 Å². The molecular formula is C21H26N2O4S. The number of carbonyl (C=O) groups excluding carboxylic acids is 1. The van der Waals surface area contributed by atoms with Crippen molar-refractivity contribution in [3.8, 4) is 0 Å². The van der Waals surface area contributed by atoms with Crippen LogP contribution in [0, 0.1) is 6.92 Å². The number of nitrogens with one attached hydrogen (secondary N) is 1. The Morgan fingerprint density at radius 3 is 2.54 bits per heavy atom. The molecule has 28 heavy (non-hydrogen) atoms. The fourth-order valence-corrected chi connectivity index (χ4v) is 4.59. The number of anilines is 1. The minimum absolute atomic E-state index is 0.0824.